The second kappa shape index (κ2) is 5.28. The number of carbonyl (C=O) groups is 2. The van der Waals surface area contributed by atoms with Gasteiger partial charge in [-0.1, -0.05) is 0 Å². The Bertz CT molecular complexity index is 520. The van der Waals surface area contributed by atoms with E-state index in [1.54, 1.807) is 30.3 Å². The molecule has 0 aromatic carbocycles. The molecule has 19 heavy (non-hydrogen) atoms. The van der Waals surface area contributed by atoms with Crippen LogP contribution in [0.25, 0.3) is 0 Å². The predicted molar refractivity (Wildman–Crippen MR) is 74.6 cm³/mol. The molecular formula is C13H16BrN3O2. The van der Waals surface area contributed by atoms with E-state index in [4.69, 9.17) is 0 Å². The SMILES string of the molecule is CNC(=O)C1(C)CCN(C(=O)c2ncccc2Br)C1. The normalized spacial score (nSPS) is 22.4. The van der Waals surface area contributed by atoms with Gasteiger partial charge in [-0.05, 0) is 41.4 Å². The number of nitrogens with one attached hydrogen (secondary N) is 1. The van der Waals surface area contributed by atoms with Crippen molar-refractivity contribution in [2.75, 3.05) is 20.1 Å². The van der Waals surface area contributed by atoms with E-state index in [0.29, 0.717) is 29.7 Å². The van der Waals surface area contributed by atoms with Crippen molar-refractivity contribution in [3.05, 3.63) is 28.5 Å². The lowest BCUT2D eigenvalue weighted by Gasteiger charge is -2.22. The van der Waals surface area contributed by atoms with Gasteiger partial charge in [-0.25, -0.2) is 4.98 Å². The summed E-state index contributed by atoms with van der Waals surface area (Å²) in [5.74, 6) is -0.164. The van der Waals surface area contributed by atoms with Crippen LogP contribution < -0.4 is 5.32 Å². The van der Waals surface area contributed by atoms with Crippen molar-refractivity contribution in [2.45, 2.75) is 13.3 Å². The van der Waals surface area contributed by atoms with E-state index in [2.05, 4.69) is 26.2 Å². The maximum absolute atomic E-state index is 12.4. The van der Waals surface area contributed by atoms with E-state index in [0.717, 1.165) is 0 Å². The quantitative estimate of drug-likeness (QED) is 0.895. The molecule has 1 aromatic rings. The fourth-order valence-corrected chi connectivity index (χ4v) is 2.74. The lowest BCUT2D eigenvalue weighted by molar-refractivity contribution is -0.128. The van der Waals surface area contributed by atoms with Crippen molar-refractivity contribution < 1.29 is 9.59 Å². The number of rotatable bonds is 2. The summed E-state index contributed by atoms with van der Waals surface area (Å²) >= 11 is 3.33. The highest BCUT2D eigenvalue weighted by atomic mass is 79.9. The first-order valence-electron chi connectivity index (χ1n) is 6.10. The average Bonchev–Trinajstić information content (AvgIpc) is 2.81. The fraction of sp³-hybridized carbons (Fsp3) is 0.462. The molecule has 1 aliphatic rings. The van der Waals surface area contributed by atoms with Gasteiger partial charge in [0.2, 0.25) is 5.91 Å². The van der Waals surface area contributed by atoms with Crippen LogP contribution in [0.15, 0.2) is 22.8 Å². The summed E-state index contributed by atoms with van der Waals surface area (Å²) in [4.78, 5) is 30.0. The molecule has 1 N–H and O–H groups in total. The maximum Gasteiger partial charge on any atom is 0.273 e. The van der Waals surface area contributed by atoms with Gasteiger partial charge in [0.15, 0.2) is 0 Å². The molecule has 2 rings (SSSR count). The molecule has 2 heterocycles. The number of aromatic nitrogens is 1. The number of pyridine rings is 1. The van der Waals surface area contributed by atoms with E-state index in [1.807, 2.05) is 6.92 Å². The van der Waals surface area contributed by atoms with Crippen LogP contribution in [-0.4, -0.2) is 41.8 Å². The molecule has 0 saturated carbocycles. The van der Waals surface area contributed by atoms with Crippen LogP contribution in [0.4, 0.5) is 0 Å². The summed E-state index contributed by atoms with van der Waals surface area (Å²) in [6.45, 7) is 2.88. The van der Waals surface area contributed by atoms with E-state index < -0.39 is 5.41 Å². The lowest BCUT2D eigenvalue weighted by atomic mass is 9.89. The molecule has 0 aliphatic carbocycles. The summed E-state index contributed by atoms with van der Waals surface area (Å²) in [5, 5.41) is 2.66. The van der Waals surface area contributed by atoms with Crippen molar-refractivity contribution in [1.29, 1.82) is 0 Å². The number of halogens is 1. The zero-order valence-electron chi connectivity index (χ0n) is 10.9. The topological polar surface area (TPSA) is 62.3 Å². The molecule has 102 valence electrons. The molecule has 1 atom stereocenters. The van der Waals surface area contributed by atoms with Gasteiger partial charge in [-0.2, -0.15) is 0 Å². The number of likely N-dealkylation sites (tertiary alicyclic amines) is 1. The fourth-order valence-electron chi connectivity index (χ4n) is 2.31. The minimum Gasteiger partial charge on any atom is -0.359 e. The highest BCUT2D eigenvalue weighted by Crippen LogP contribution is 2.31. The molecule has 1 unspecified atom stereocenters. The Morgan fingerprint density at radius 2 is 2.26 bits per heavy atom. The van der Waals surface area contributed by atoms with Gasteiger partial charge in [-0.15, -0.1) is 0 Å². The van der Waals surface area contributed by atoms with Crippen molar-refractivity contribution in [3.63, 3.8) is 0 Å². The van der Waals surface area contributed by atoms with Crippen molar-refractivity contribution in [3.8, 4) is 0 Å². The van der Waals surface area contributed by atoms with Crippen LogP contribution in [0.1, 0.15) is 23.8 Å². The molecule has 0 radical (unpaired) electrons. The standard InChI is InChI=1S/C13H16BrN3O2/c1-13(12(19)15-2)5-7-17(8-13)11(18)10-9(14)4-3-6-16-10/h3-4,6H,5,7-8H2,1-2H3,(H,15,19). The molecular weight excluding hydrogens is 310 g/mol. The molecule has 1 saturated heterocycles. The Kier molecular flexibility index (Phi) is 3.89. The number of amides is 2. The summed E-state index contributed by atoms with van der Waals surface area (Å²) in [5.41, 5.74) is -0.116. The van der Waals surface area contributed by atoms with Crippen LogP contribution in [0.3, 0.4) is 0 Å². The van der Waals surface area contributed by atoms with Gasteiger partial charge >= 0.3 is 0 Å². The second-order valence-corrected chi connectivity index (χ2v) is 5.80. The predicted octanol–water partition coefficient (Wildman–Crippen LogP) is 1.44. The maximum atomic E-state index is 12.4. The summed E-state index contributed by atoms with van der Waals surface area (Å²) in [6.07, 6.45) is 2.26. The van der Waals surface area contributed by atoms with Gasteiger partial charge in [0, 0.05) is 30.8 Å². The van der Waals surface area contributed by atoms with Gasteiger partial charge in [0.1, 0.15) is 5.69 Å². The monoisotopic (exact) mass is 325 g/mol. The molecule has 2 amide bonds. The first kappa shape index (κ1) is 14.0. The third-order valence-electron chi connectivity index (χ3n) is 3.50. The third-order valence-corrected chi connectivity index (χ3v) is 4.14. The Morgan fingerprint density at radius 1 is 1.53 bits per heavy atom. The molecule has 1 fully saturated rings. The van der Waals surface area contributed by atoms with Crippen LogP contribution in [0.2, 0.25) is 0 Å². The number of hydrogen-bond acceptors (Lipinski definition) is 3. The first-order chi connectivity index (χ1) is 8.98. The van der Waals surface area contributed by atoms with Gasteiger partial charge < -0.3 is 10.2 Å². The largest absolute Gasteiger partial charge is 0.359 e. The Morgan fingerprint density at radius 3 is 2.89 bits per heavy atom. The molecule has 0 spiro atoms. The number of nitrogens with zero attached hydrogens (tertiary/aromatic N) is 2. The average molecular weight is 326 g/mol. The molecule has 1 aliphatic heterocycles. The second-order valence-electron chi connectivity index (χ2n) is 4.95. The summed E-state index contributed by atoms with van der Waals surface area (Å²) in [7, 11) is 1.62. The van der Waals surface area contributed by atoms with Crippen LogP contribution in [0.5, 0.6) is 0 Å². The minimum absolute atomic E-state index is 0.0251. The first-order valence-corrected chi connectivity index (χ1v) is 6.89. The van der Waals surface area contributed by atoms with Gasteiger partial charge in [0.05, 0.1) is 5.41 Å². The van der Waals surface area contributed by atoms with Crippen LogP contribution >= 0.6 is 15.9 Å². The van der Waals surface area contributed by atoms with Crippen molar-refractivity contribution in [1.82, 2.24) is 15.2 Å². The molecule has 5 nitrogen and oxygen atoms in total. The minimum atomic E-state index is -0.508. The molecule has 6 heteroatoms. The van der Waals surface area contributed by atoms with E-state index in [1.165, 1.54) is 0 Å². The Labute approximate surface area is 120 Å². The van der Waals surface area contributed by atoms with Crippen molar-refractivity contribution in [2.24, 2.45) is 5.41 Å². The van der Waals surface area contributed by atoms with E-state index >= 15 is 0 Å². The third kappa shape index (κ3) is 2.63. The zero-order valence-corrected chi connectivity index (χ0v) is 12.5. The smallest absolute Gasteiger partial charge is 0.273 e. The lowest BCUT2D eigenvalue weighted by Crippen LogP contribution is -2.40. The number of carbonyl (C=O) groups excluding carboxylic acids is 2. The zero-order chi connectivity index (χ0) is 14.0. The van der Waals surface area contributed by atoms with E-state index in [-0.39, 0.29) is 11.8 Å². The van der Waals surface area contributed by atoms with Crippen molar-refractivity contribution >= 4 is 27.7 Å². The van der Waals surface area contributed by atoms with E-state index in [9.17, 15) is 9.59 Å². The Balaban J connectivity index is 2.16. The Hall–Kier alpha value is -1.43. The van der Waals surface area contributed by atoms with Crippen LogP contribution in [-0.2, 0) is 4.79 Å². The van der Waals surface area contributed by atoms with Crippen LogP contribution in [0, 0.1) is 5.41 Å². The molecule has 1 aromatic heterocycles. The summed E-state index contributed by atoms with van der Waals surface area (Å²) < 4.78 is 0.675. The van der Waals surface area contributed by atoms with Gasteiger partial charge in [-0.3, -0.25) is 9.59 Å². The molecule has 0 bridgehead atoms. The highest BCUT2D eigenvalue weighted by molar-refractivity contribution is 9.10. The van der Waals surface area contributed by atoms with Gasteiger partial charge in [0.25, 0.3) is 5.91 Å². The number of hydrogen-bond donors (Lipinski definition) is 1. The highest BCUT2D eigenvalue weighted by Gasteiger charge is 2.42. The summed E-state index contributed by atoms with van der Waals surface area (Å²) in [6, 6.07) is 3.55.